The van der Waals surface area contributed by atoms with Crippen LogP contribution in [0.3, 0.4) is 0 Å². The normalized spacial score (nSPS) is 12.1. The van der Waals surface area contributed by atoms with Gasteiger partial charge in [0.15, 0.2) is 0 Å². The number of hydrogen-bond donors (Lipinski definition) is 2. The standard InChI is InChI=1S/C20H27N5O/c1-5-6-10-16(13-22-14(2)3)18-15(4)19(23-20(21)26)25(24-18)17-11-8-7-9-12-17/h7-14H,5-6H2,1-4H3,(H3,21,23,26)/b16-10+,22-13?. The van der Waals surface area contributed by atoms with E-state index in [-0.39, 0.29) is 6.04 Å². The van der Waals surface area contributed by atoms with E-state index in [1.54, 1.807) is 4.68 Å². The number of nitrogens with zero attached hydrogens (tertiary/aromatic N) is 3. The number of rotatable bonds is 7. The Bertz CT molecular complexity index is 803. The van der Waals surface area contributed by atoms with Crippen molar-refractivity contribution in [3.8, 4) is 5.69 Å². The summed E-state index contributed by atoms with van der Waals surface area (Å²) in [6.07, 6.45) is 5.95. The Morgan fingerprint density at radius 3 is 2.62 bits per heavy atom. The van der Waals surface area contributed by atoms with Gasteiger partial charge in [0.1, 0.15) is 5.82 Å². The second-order valence-corrected chi connectivity index (χ2v) is 6.38. The first-order chi connectivity index (χ1) is 12.4. The van der Waals surface area contributed by atoms with Crippen molar-refractivity contribution in [2.24, 2.45) is 10.7 Å². The summed E-state index contributed by atoms with van der Waals surface area (Å²) >= 11 is 0. The molecule has 26 heavy (non-hydrogen) atoms. The number of hydrogen-bond acceptors (Lipinski definition) is 3. The minimum absolute atomic E-state index is 0.194. The molecule has 0 unspecified atom stereocenters. The molecule has 6 nitrogen and oxygen atoms in total. The molecule has 0 saturated heterocycles. The van der Waals surface area contributed by atoms with Gasteiger partial charge in [0.25, 0.3) is 0 Å². The topological polar surface area (TPSA) is 85.3 Å². The van der Waals surface area contributed by atoms with Crippen molar-refractivity contribution < 1.29 is 4.79 Å². The monoisotopic (exact) mass is 353 g/mol. The number of carbonyl (C=O) groups is 1. The molecule has 0 atom stereocenters. The maximum atomic E-state index is 11.5. The summed E-state index contributed by atoms with van der Waals surface area (Å²) in [5.41, 5.74) is 8.80. The lowest BCUT2D eigenvalue weighted by Gasteiger charge is -2.07. The van der Waals surface area contributed by atoms with Crippen molar-refractivity contribution in [2.75, 3.05) is 5.32 Å². The molecule has 6 heteroatoms. The van der Waals surface area contributed by atoms with Gasteiger partial charge in [-0.25, -0.2) is 9.48 Å². The third-order valence-corrected chi connectivity index (χ3v) is 3.80. The number of unbranched alkanes of at least 4 members (excludes halogenated alkanes) is 1. The van der Waals surface area contributed by atoms with E-state index >= 15 is 0 Å². The predicted molar refractivity (Wildman–Crippen MR) is 108 cm³/mol. The van der Waals surface area contributed by atoms with E-state index in [0.29, 0.717) is 5.82 Å². The van der Waals surface area contributed by atoms with Crippen LogP contribution in [0.4, 0.5) is 10.6 Å². The van der Waals surface area contributed by atoms with Gasteiger partial charge < -0.3 is 5.73 Å². The number of aliphatic imine (C=N–C) groups is 1. The molecule has 0 bridgehead atoms. The molecule has 3 N–H and O–H groups in total. The second-order valence-electron chi connectivity index (χ2n) is 6.38. The van der Waals surface area contributed by atoms with Gasteiger partial charge >= 0.3 is 6.03 Å². The van der Waals surface area contributed by atoms with Crippen LogP contribution < -0.4 is 11.1 Å². The molecular weight excluding hydrogens is 326 g/mol. The summed E-state index contributed by atoms with van der Waals surface area (Å²) in [7, 11) is 0. The quantitative estimate of drug-likeness (QED) is 0.726. The summed E-state index contributed by atoms with van der Waals surface area (Å²) in [5.74, 6) is 0.569. The molecule has 2 rings (SSSR count). The first-order valence-corrected chi connectivity index (χ1v) is 8.89. The van der Waals surface area contributed by atoms with Gasteiger partial charge in [-0.2, -0.15) is 5.10 Å². The lowest BCUT2D eigenvalue weighted by atomic mass is 10.1. The van der Waals surface area contributed by atoms with Crippen LogP contribution >= 0.6 is 0 Å². The molecule has 0 saturated carbocycles. The zero-order valence-electron chi connectivity index (χ0n) is 15.9. The van der Waals surface area contributed by atoms with E-state index in [4.69, 9.17) is 10.8 Å². The molecule has 138 valence electrons. The number of anilines is 1. The third kappa shape index (κ3) is 4.81. The van der Waals surface area contributed by atoms with Gasteiger partial charge in [-0.1, -0.05) is 37.6 Å². The Labute approximate surface area is 154 Å². The lowest BCUT2D eigenvalue weighted by Crippen LogP contribution is -2.21. The van der Waals surface area contributed by atoms with Crippen molar-refractivity contribution in [3.05, 3.63) is 47.7 Å². The fraction of sp³-hybridized carbons (Fsp3) is 0.350. The van der Waals surface area contributed by atoms with Crippen LogP contribution in [0.25, 0.3) is 11.3 Å². The number of para-hydroxylation sites is 1. The average molecular weight is 353 g/mol. The lowest BCUT2D eigenvalue weighted by molar-refractivity contribution is 0.259. The third-order valence-electron chi connectivity index (χ3n) is 3.80. The van der Waals surface area contributed by atoms with Gasteiger partial charge in [0.05, 0.1) is 11.4 Å². The molecule has 2 aromatic rings. The van der Waals surface area contributed by atoms with E-state index in [2.05, 4.69) is 23.3 Å². The van der Waals surface area contributed by atoms with E-state index < -0.39 is 6.03 Å². The summed E-state index contributed by atoms with van der Waals surface area (Å²) in [4.78, 5) is 16.0. The first kappa shape index (κ1) is 19.4. The zero-order valence-corrected chi connectivity index (χ0v) is 15.9. The maximum absolute atomic E-state index is 11.5. The maximum Gasteiger partial charge on any atom is 0.317 e. The van der Waals surface area contributed by atoms with E-state index in [9.17, 15) is 4.79 Å². The van der Waals surface area contributed by atoms with E-state index in [1.165, 1.54) is 0 Å². The van der Waals surface area contributed by atoms with Crippen molar-refractivity contribution in [1.82, 2.24) is 9.78 Å². The Balaban J connectivity index is 2.60. The number of aromatic nitrogens is 2. The molecule has 0 aliphatic carbocycles. The minimum Gasteiger partial charge on any atom is -0.351 e. The van der Waals surface area contributed by atoms with Gasteiger partial charge in [-0.05, 0) is 39.3 Å². The average Bonchev–Trinajstić information content (AvgIpc) is 2.92. The van der Waals surface area contributed by atoms with Crippen molar-refractivity contribution in [2.45, 2.75) is 46.6 Å². The second kappa shape index (κ2) is 8.99. The smallest absolute Gasteiger partial charge is 0.317 e. The first-order valence-electron chi connectivity index (χ1n) is 8.89. The number of allylic oxidation sites excluding steroid dienone is 2. The number of carbonyl (C=O) groups excluding carboxylic acids is 1. The zero-order chi connectivity index (χ0) is 19.1. The summed E-state index contributed by atoms with van der Waals surface area (Å²) < 4.78 is 1.71. The van der Waals surface area contributed by atoms with Crippen LogP contribution in [0.15, 0.2) is 41.4 Å². The fourth-order valence-electron chi connectivity index (χ4n) is 2.53. The number of nitrogens with two attached hydrogens (primary N) is 1. The minimum atomic E-state index is -0.619. The van der Waals surface area contributed by atoms with Crippen LogP contribution in [0, 0.1) is 6.92 Å². The SMILES string of the molecule is CCC/C=C(\C=NC(C)C)c1nn(-c2ccccc2)c(NC(N)=O)c1C. The molecule has 2 amide bonds. The molecule has 0 fully saturated rings. The van der Waals surface area contributed by atoms with Crippen molar-refractivity contribution in [3.63, 3.8) is 0 Å². The highest BCUT2D eigenvalue weighted by atomic mass is 16.2. The summed E-state index contributed by atoms with van der Waals surface area (Å²) in [5, 5.41) is 7.46. The number of primary amides is 1. The Morgan fingerprint density at radius 2 is 2.04 bits per heavy atom. The highest BCUT2D eigenvalue weighted by Gasteiger charge is 2.19. The molecule has 1 heterocycles. The number of nitrogens with one attached hydrogen (secondary N) is 1. The van der Waals surface area contributed by atoms with Gasteiger partial charge in [-0.15, -0.1) is 0 Å². The Kier molecular flexibility index (Phi) is 6.72. The van der Waals surface area contributed by atoms with Crippen molar-refractivity contribution in [1.29, 1.82) is 0 Å². The molecule has 0 aliphatic rings. The Morgan fingerprint density at radius 1 is 1.35 bits per heavy atom. The van der Waals surface area contributed by atoms with E-state index in [0.717, 1.165) is 35.4 Å². The van der Waals surface area contributed by atoms with Crippen LogP contribution in [0.5, 0.6) is 0 Å². The number of benzene rings is 1. The van der Waals surface area contributed by atoms with Gasteiger partial charge in [0.2, 0.25) is 0 Å². The highest BCUT2D eigenvalue weighted by Crippen LogP contribution is 2.27. The molecular formula is C20H27N5O. The number of amides is 2. The van der Waals surface area contributed by atoms with Gasteiger partial charge in [-0.3, -0.25) is 10.3 Å². The molecule has 0 spiro atoms. The van der Waals surface area contributed by atoms with Crippen LogP contribution in [-0.2, 0) is 0 Å². The number of urea groups is 1. The Hall–Kier alpha value is -2.89. The van der Waals surface area contributed by atoms with Crippen molar-refractivity contribution >= 4 is 23.6 Å². The summed E-state index contributed by atoms with van der Waals surface area (Å²) in [6, 6.07) is 9.22. The highest BCUT2D eigenvalue weighted by molar-refractivity contribution is 6.10. The van der Waals surface area contributed by atoms with Crippen LogP contribution in [0.1, 0.15) is 44.9 Å². The predicted octanol–water partition coefficient (Wildman–Crippen LogP) is 4.33. The molecule has 0 radical (unpaired) electrons. The van der Waals surface area contributed by atoms with Gasteiger partial charge in [0, 0.05) is 23.4 Å². The molecule has 1 aromatic carbocycles. The van der Waals surface area contributed by atoms with Crippen LogP contribution in [0.2, 0.25) is 0 Å². The van der Waals surface area contributed by atoms with Crippen LogP contribution in [-0.4, -0.2) is 28.1 Å². The van der Waals surface area contributed by atoms with E-state index in [1.807, 2.05) is 57.3 Å². The molecule has 1 aromatic heterocycles. The summed E-state index contributed by atoms with van der Waals surface area (Å²) in [6.45, 7) is 8.12. The molecule has 0 aliphatic heterocycles. The largest absolute Gasteiger partial charge is 0.351 e. The fourth-order valence-corrected chi connectivity index (χ4v) is 2.53.